The maximum absolute atomic E-state index is 9.61. The molecule has 2 heteroatoms. The zero-order chi connectivity index (χ0) is 9.97. The van der Waals surface area contributed by atoms with Crippen molar-refractivity contribution in [3.8, 4) is 5.75 Å². The van der Waals surface area contributed by atoms with Gasteiger partial charge in [-0.1, -0.05) is 13.0 Å². The quantitative estimate of drug-likeness (QED) is 0.797. The van der Waals surface area contributed by atoms with Crippen molar-refractivity contribution in [1.82, 2.24) is 0 Å². The van der Waals surface area contributed by atoms with Gasteiger partial charge < -0.3 is 9.84 Å². The number of fused-ring (bicyclic) bond motifs is 1. The summed E-state index contributed by atoms with van der Waals surface area (Å²) in [6.45, 7) is 2.86. The number of rotatable bonds is 3. The van der Waals surface area contributed by atoms with Gasteiger partial charge in [0.15, 0.2) is 0 Å². The van der Waals surface area contributed by atoms with E-state index in [1.165, 1.54) is 5.56 Å². The van der Waals surface area contributed by atoms with E-state index < -0.39 is 0 Å². The normalized spacial score (nSPS) is 19.4. The van der Waals surface area contributed by atoms with E-state index >= 15 is 0 Å². The second-order valence-corrected chi connectivity index (χ2v) is 3.76. The summed E-state index contributed by atoms with van der Waals surface area (Å²) in [5.41, 5.74) is 2.32. The zero-order valence-corrected chi connectivity index (χ0v) is 8.49. The van der Waals surface area contributed by atoms with E-state index in [0.29, 0.717) is 0 Å². The second kappa shape index (κ2) is 4.01. The van der Waals surface area contributed by atoms with E-state index in [2.05, 4.69) is 13.0 Å². The molecule has 0 aliphatic heterocycles. The van der Waals surface area contributed by atoms with Crippen molar-refractivity contribution < 1.29 is 9.84 Å². The van der Waals surface area contributed by atoms with Crippen molar-refractivity contribution in [2.24, 2.45) is 0 Å². The number of aliphatic hydroxyl groups excluding tert-OH is 1. The van der Waals surface area contributed by atoms with E-state index in [1.54, 1.807) is 0 Å². The molecule has 2 nitrogen and oxygen atoms in total. The van der Waals surface area contributed by atoms with Crippen molar-refractivity contribution in [2.75, 3.05) is 6.61 Å². The molecular weight excluding hydrogens is 176 g/mol. The molecule has 1 N–H and O–H groups in total. The first-order valence-electron chi connectivity index (χ1n) is 5.25. The Morgan fingerprint density at radius 3 is 3.14 bits per heavy atom. The average molecular weight is 192 g/mol. The molecule has 0 heterocycles. The minimum atomic E-state index is -0.259. The minimum absolute atomic E-state index is 0.259. The van der Waals surface area contributed by atoms with Gasteiger partial charge in [0.2, 0.25) is 0 Å². The molecule has 1 atom stereocenters. The minimum Gasteiger partial charge on any atom is -0.494 e. The van der Waals surface area contributed by atoms with E-state index in [9.17, 15) is 5.11 Å². The fourth-order valence-corrected chi connectivity index (χ4v) is 1.88. The number of benzene rings is 1. The third-order valence-corrected chi connectivity index (χ3v) is 2.63. The molecule has 1 aliphatic carbocycles. The number of ether oxygens (including phenoxy) is 1. The van der Waals surface area contributed by atoms with Gasteiger partial charge in [-0.15, -0.1) is 0 Å². The SMILES string of the molecule is CCCOc1ccc2c(c1)CC[C@H]2O. The highest BCUT2D eigenvalue weighted by atomic mass is 16.5. The molecule has 0 saturated carbocycles. The van der Waals surface area contributed by atoms with E-state index in [1.807, 2.05) is 12.1 Å². The maximum atomic E-state index is 9.61. The Balaban J connectivity index is 2.15. The van der Waals surface area contributed by atoms with Gasteiger partial charge in [0.1, 0.15) is 5.75 Å². The summed E-state index contributed by atoms with van der Waals surface area (Å²) in [4.78, 5) is 0. The fraction of sp³-hybridized carbons (Fsp3) is 0.500. The molecule has 0 saturated heterocycles. The monoisotopic (exact) mass is 192 g/mol. The summed E-state index contributed by atoms with van der Waals surface area (Å²) in [6.07, 6.45) is 2.59. The molecule has 1 aromatic carbocycles. The van der Waals surface area contributed by atoms with Crippen molar-refractivity contribution in [3.63, 3.8) is 0 Å². The van der Waals surface area contributed by atoms with Crippen LogP contribution in [-0.2, 0) is 6.42 Å². The lowest BCUT2D eigenvalue weighted by molar-refractivity contribution is 0.180. The van der Waals surface area contributed by atoms with Gasteiger partial charge in [-0.2, -0.15) is 0 Å². The molecule has 14 heavy (non-hydrogen) atoms. The fourth-order valence-electron chi connectivity index (χ4n) is 1.88. The summed E-state index contributed by atoms with van der Waals surface area (Å²) in [5, 5.41) is 9.61. The van der Waals surface area contributed by atoms with Crippen molar-refractivity contribution in [3.05, 3.63) is 29.3 Å². The number of hydrogen-bond donors (Lipinski definition) is 1. The summed E-state index contributed by atoms with van der Waals surface area (Å²) < 4.78 is 5.53. The third-order valence-electron chi connectivity index (χ3n) is 2.63. The largest absolute Gasteiger partial charge is 0.494 e. The smallest absolute Gasteiger partial charge is 0.119 e. The number of aliphatic hydroxyl groups is 1. The molecule has 0 bridgehead atoms. The van der Waals surface area contributed by atoms with Gasteiger partial charge in [0.05, 0.1) is 12.7 Å². The Morgan fingerprint density at radius 1 is 1.50 bits per heavy atom. The molecule has 0 fully saturated rings. The molecule has 0 unspecified atom stereocenters. The molecule has 1 aliphatic rings. The van der Waals surface area contributed by atoms with Gasteiger partial charge in [-0.3, -0.25) is 0 Å². The van der Waals surface area contributed by atoms with Crippen LogP contribution in [0.15, 0.2) is 18.2 Å². The molecule has 1 aromatic rings. The summed E-state index contributed by atoms with van der Waals surface area (Å²) in [5.74, 6) is 0.930. The highest BCUT2D eigenvalue weighted by Crippen LogP contribution is 2.33. The molecule has 0 radical (unpaired) electrons. The third kappa shape index (κ3) is 1.75. The Kier molecular flexibility index (Phi) is 2.73. The van der Waals surface area contributed by atoms with Crippen LogP contribution in [0, 0.1) is 0 Å². The first kappa shape index (κ1) is 9.53. The predicted molar refractivity (Wildman–Crippen MR) is 55.5 cm³/mol. The summed E-state index contributed by atoms with van der Waals surface area (Å²) in [7, 11) is 0. The Morgan fingerprint density at radius 2 is 2.36 bits per heavy atom. The average Bonchev–Trinajstić information content (AvgIpc) is 2.57. The van der Waals surface area contributed by atoms with E-state index in [-0.39, 0.29) is 6.10 Å². The van der Waals surface area contributed by atoms with Crippen LogP contribution in [0.1, 0.15) is 37.0 Å². The number of aryl methyl sites for hydroxylation is 1. The topological polar surface area (TPSA) is 29.5 Å². The predicted octanol–water partition coefficient (Wildman–Crippen LogP) is 2.46. The molecule has 0 amide bonds. The molecule has 0 aromatic heterocycles. The van der Waals surface area contributed by atoms with Crippen molar-refractivity contribution >= 4 is 0 Å². The van der Waals surface area contributed by atoms with Crippen LogP contribution in [0.4, 0.5) is 0 Å². The molecule has 2 rings (SSSR count). The highest BCUT2D eigenvalue weighted by molar-refractivity contribution is 5.39. The first-order chi connectivity index (χ1) is 6.81. The lowest BCUT2D eigenvalue weighted by atomic mass is 10.1. The van der Waals surface area contributed by atoms with Crippen LogP contribution in [-0.4, -0.2) is 11.7 Å². The van der Waals surface area contributed by atoms with Crippen molar-refractivity contribution in [1.29, 1.82) is 0 Å². The lowest BCUT2D eigenvalue weighted by Crippen LogP contribution is -1.96. The molecular formula is C12H16O2. The van der Waals surface area contributed by atoms with Gasteiger partial charge >= 0.3 is 0 Å². The maximum Gasteiger partial charge on any atom is 0.119 e. The molecule has 76 valence electrons. The summed E-state index contributed by atoms with van der Waals surface area (Å²) in [6, 6.07) is 5.99. The second-order valence-electron chi connectivity index (χ2n) is 3.76. The van der Waals surface area contributed by atoms with Crippen LogP contribution in [0.3, 0.4) is 0 Å². The zero-order valence-electron chi connectivity index (χ0n) is 8.49. The lowest BCUT2D eigenvalue weighted by Gasteiger charge is -2.07. The van der Waals surface area contributed by atoms with Gasteiger partial charge in [0, 0.05) is 0 Å². The molecule has 0 spiro atoms. The first-order valence-corrected chi connectivity index (χ1v) is 5.25. The van der Waals surface area contributed by atoms with Crippen LogP contribution in [0.25, 0.3) is 0 Å². The van der Waals surface area contributed by atoms with E-state index in [0.717, 1.165) is 37.2 Å². The standard InChI is InChI=1S/C12H16O2/c1-2-7-14-10-4-5-11-9(8-10)3-6-12(11)13/h4-5,8,12-13H,2-3,6-7H2,1H3/t12-/m1/s1. The Labute approximate surface area is 84.5 Å². The Hall–Kier alpha value is -1.02. The Bertz CT molecular complexity index is 320. The van der Waals surface area contributed by atoms with Crippen LogP contribution < -0.4 is 4.74 Å². The van der Waals surface area contributed by atoms with Crippen LogP contribution in [0.5, 0.6) is 5.75 Å². The van der Waals surface area contributed by atoms with Gasteiger partial charge in [-0.05, 0) is 42.5 Å². The van der Waals surface area contributed by atoms with Crippen LogP contribution in [0.2, 0.25) is 0 Å². The highest BCUT2D eigenvalue weighted by Gasteiger charge is 2.20. The van der Waals surface area contributed by atoms with Crippen LogP contribution >= 0.6 is 0 Å². The summed E-state index contributed by atoms with van der Waals surface area (Å²) >= 11 is 0. The van der Waals surface area contributed by atoms with E-state index in [4.69, 9.17) is 4.74 Å². The number of hydrogen-bond acceptors (Lipinski definition) is 2. The van der Waals surface area contributed by atoms with Gasteiger partial charge in [0.25, 0.3) is 0 Å². The van der Waals surface area contributed by atoms with Gasteiger partial charge in [-0.25, -0.2) is 0 Å². The van der Waals surface area contributed by atoms with Crippen molar-refractivity contribution in [2.45, 2.75) is 32.3 Å².